The number of hydrogen-bond acceptors (Lipinski definition) is 5. The van der Waals surface area contributed by atoms with Crippen LogP contribution in [0.2, 0.25) is 0 Å². The van der Waals surface area contributed by atoms with Crippen molar-refractivity contribution in [2.45, 2.75) is 11.7 Å². The van der Waals surface area contributed by atoms with Gasteiger partial charge in [0.2, 0.25) is 5.91 Å². The van der Waals surface area contributed by atoms with Gasteiger partial charge >= 0.3 is 0 Å². The largest absolute Gasteiger partial charge is 0.455 e. The standard InChI is InChI=1S/C25H21N3O3S/c1-2-16-28-24(30)19-12-6-7-13-20(19)27-25(28)32-17-23(29)26-21-14-8-9-15-22(21)31-18-10-4-3-5-11-18/h2-15H,1,16-17H2,(H,26,29). The molecule has 0 aliphatic carbocycles. The Morgan fingerprint density at radius 3 is 2.56 bits per heavy atom. The maximum Gasteiger partial charge on any atom is 0.262 e. The number of para-hydroxylation sites is 4. The van der Waals surface area contributed by atoms with Crippen LogP contribution in [0.25, 0.3) is 10.9 Å². The number of ether oxygens (including phenoxy) is 1. The average molecular weight is 444 g/mol. The molecule has 160 valence electrons. The molecule has 7 heteroatoms. The third kappa shape index (κ3) is 4.90. The van der Waals surface area contributed by atoms with Gasteiger partial charge < -0.3 is 10.1 Å². The maximum absolute atomic E-state index is 12.8. The number of allylic oxidation sites excluding steroid dienone is 1. The minimum atomic E-state index is -0.230. The summed E-state index contributed by atoms with van der Waals surface area (Å²) in [5.74, 6) is 1.08. The first kappa shape index (κ1) is 21.4. The van der Waals surface area contributed by atoms with Gasteiger partial charge in [-0.15, -0.1) is 6.58 Å². The summed E-state index contributed by atoms with van der Waals surface area (Å²) in [4.78, 5) is 30.1. The fourth-order valence-corrected chi connectivity index (χ4v) is 3.95. The molecule has 4 aromatic rings. The number of aromatic nitrogens is 2. The number of nitrogens with zero attached hydrogens (tertiary/aromatic N) is 2. The number of benzene rings is 3. The fourth-order valence-electron chi connectivity index (χ4n) is 3.14. The number of anilines is 1. The minimum Gasteiger partial charge on any atom is -0.455 e. The van der Waals surface area contributed by atoms with Crippen molar-refractivity contribution in [1.82, 2.24) is 9.55 Å². The second-order valence-electron chi connectivity index (χ2n) is 6.86. The van der Waals surface area contributed by atoms with Crippen molar-refractivity contribution in [2.75, 3.05) is 11.1 Å². The number of hydrogen-bond donors (Lipinski definition) is 1. The van der Waals surface area contributed by atoms with Gasteiger partial charge in [0.25, 0.3) is 5.56 Å². The highest BCUT2D eigenvalue weighted by molar-refractivity contribution is 7.99. The number of rotatable bonds is 8. The third-order valence-electron chi connectivity index (χ3n) is 4.60. The van der Waals surface area contributed by atoms with E-state index < -0.39 is 0 Å². The van der Waals surface area contributed by atoms with Gasteiger partial charge in [0.05, 0.1) is 22.3 Å². The summed E-state index contributed by atoms with van der Waals surface area (Å²) in [7, 11) is 0. The Labute approximate surface area is 189 Å². The number of fused-ring (bicyclic) bond motifs is 1. The Bertz CT molecular complexity index is 1320. The van der Waals surface area contributed by atoms with E-state index in [4.69, 9.17) is 4.74 Å². The summed E-state index contributed by atoms with van der Waals surface area (Å²) in [5.41, 5.74) is 1.01. The van der Waals surface area contributed by atoms with Crippen LogP contribution in [0.4, 0.5) is 5.69 Å². The molecular formula is C25H21N3O3S. The zero-order valence-electron chi connectivity index (χ0n) is 17.2. The summed E-state index contributed by atoms with van der Waals surface area (Å²) < 4.78 is 7.43. The van der Waals surface area contributed by atoms with Crippen LogP contribution in [0, 0.1) is 0 Å². The number of amides is 1. The van der Waals surface area contributed by atoms with Crippen molar-refractivity contribution >= 4 is 34.3 Å². The molecule has 32 heavy (non-hydrogen) atoms. The van der Waals surface area contributed by atoms with Crippen LogP contribution in [0.15, 0.2) is 101 Å². The Hall–Kier alpha value is -3.84. The van der Waals surface area contributed by atoms with Crippen molar-refractivity contribution < 1.29 is 9.53 Å². The van der Waals surface area contributed by atoms with Gasteiger partial charge in [-0.3, -0.25) is 14.2 Å². The number of carbonyl (C=O) groups is 1. The first-order valence-electron chi connectivity index (χ1n) is 10.0. The van der Waals surface area contributed by atoms with Gasteiger partial charge in [-0.05, 0) is 36.4 Å². The van der Waals surface area contributed by atoms with E-state index >= 15 is 0 Å². The Kier molecular flexibility index (Phi) is 6.67. The molecule has 0 bridgehead atoms. The van der Waals surface area contributed by atoms with Gasteiger partial charge in [0, 0.05) is 6.54 Å². The molecular weight excluding hydrogens is 422 g/mol. The van der Waals surface area contributed by atoms with E-state index in [2.05, 4.69) is 16.9 Å². The lowest BCUT2D eigenvalue weighted by atomic mass is 10.2. The Morgan fingerprint density at radius 2 is 1.75 bits per heavy atom. The highest BCUT2D eigenvalue weighted by atomic mass is 32.2. The fraction of sp³-hybridized carbons (Fsp3) is 0.0800. The van der Waals surface area contributed by atoms with E-state index in [1.54, 1.807) is 36.4 Å². The monoisotopic (exact) mass is 443 g/mol. The average Bonchev–Trinajstić information content (AvgIpc) is 2.82. The van der Waals surface area contributed by atoms with E-state index in [1.807, 2.05) is 48.5 Å². The van der Waals surface area contributed by atoms with Gasteiger partial charge in [0.1, 0.15) is 5.75 Å². The molecule has 0 spiro atoms. The van der Waals surface area contributed by atoms with Crippen molar-refractivity contribution in [3.05, 3.63) is 102 Å². The third-order valence-corrected chi connectivity index (χ3v) is 5.58. The molecule has 0 saturated heterocycles. The number of nitrogens with one attached hydrogen (secondary N) is 1. The Balaban J connectivity index is 1.51. The van der Waals surface area contributed by atoms with Gasteiger partial charge in [0.15, 0.2) is 10.9 Å². The van der Waals surface area contributed by atoms with Crippen molar-refractivity contribution in [3.8, 4) is 11.5 Å². The molecule has 1 aromatic heterocycles. The highest BCUT2D eigenvalue weighted by Crippen LogP contribution is 2.29. The van der Waals surface area contributed by atoms with E-state index in [0.717, 1.165) is 0 Å². The lowest BCUT2D eigenvalue weighted by Crippen LogP contribution is -2.23. The lowest BCUT2D eigenvalue weighted by Gasteiger charge is -2.13. The Morgan fingerprint density at radius 1 is 1.03 bits per heavy atom. The second kappa shape index (κ2) is 9.98. The van der Waals surface area contributed by atoms with Crippen LogP contribution in [0.1, 0.15) is 0 Å². The predicted octanol–water partition coefficient (Wildman–Crippen LogP) is 5.11. The molecule has 4 rings (SSSR count). The van der Waals surface area contributed by atoms with Gasteiger partial charge in [-0.25, -0.2) is 4.98 Å². The van der Waals surface area contributed by atoms with E-state index in [9.17, 15) is 9.59 Å². The molecule has 3 aromatic carbocycles. The molecule has 0 unspecified atom stereocenters. The highest BCUT2D eigenvalue weighted by Gasteiger charge is 2.14. The smallest absolute Gasteiger partial charge is 0.262 e. The van der Waals surface area contributed by atoms with Gasteiger partial charge in [-0.1, -0.05) is 60.3 Å². The van der Waals surface area contributed by atoms with E-state index in [-0.39, 0.29) is 17.2 Å². The topological polar surface area (TPSA) is 73.2 Å². The molecule has 1 heterocycles. The quantitative estimate of drug-likeness (QED) is 0.233. The van der Waals surface area contributed by atoms with Crippen LogP contribution in [0.3, 0.4) is 0 Å². The summed E-state index contributed by atoms with van der Waals surface area (Å²) in [6, 6.07) is 23.8. The molecule has 0 aliphatic heterocycles. The number of carbonyl (C=O) groups excluding carboxylic acids is 1. The zero-order chi connectivity index (χ0) is 22.3. The zero-order valence-corrected chi connectivity index (χ0v) is 18.0. The van der Waals surface area contributed by atoms with Crippen LogP contribution < -0.4 is 15.6 Å². The first-order chi connectivity index (χ1) is 15.7. The predicted molar refractivity (Wildman–Crippen MR) is 129 cm³/mol. The SMILES string of the molecule is C=CCn1c(SCC(=O)Nc2ccccc2Oc2ccccc2)nc2ccccc2c1=O. The summed E-state index contributed by atoms with van der Waals surface area (Å²) in [6.07, 6.45) is 1.64. The van der Waals surface area contributed by atoms with Crippen LogP contribution in [0.5, 0.6) is 11.5 Å². The lowest BCUT2D eigenvalue weighted by molar-refractivity contribution is -0.113. The molecule has 0 fully saturated rings. The molecule has 0 aliphatic rings. The maximum atomic E-state index is 12.8. The second-order valence-corrected chi connectivity index (χ2v) is 7.81. The molecule has 1 amide bonds. The van der Waals surface area contributed by atoms with Gasteiger partial charge in [-0.2, -0.15) is 0 Å². The van der Waals surface area contributed by atoms with Crippen LogP contribution in [-0.4, -0.2) is 21.2 Å². The normalized spacial score (nSPS) is 10.6. The molecule has 0 saturated carbocycles. The van der Waals surface area contributed by atoms with E-state index in [0.29, 0.717) is 39.8 Å². The van der Waals surface area contributed by atoms with Crippen molar-refractivity contribution in [3.63, 3.8) is 0 Å². The molecule has 0 radical (unpaired) electrons. The molecule has 6 nitrogen and oxygen atoms in total. The van der Waals surface area contributed by atoms with Crippen molar-refractivity contribution in [2.24, 2.45) is 0 Å². The van der Waals surface area contributed by atoms with Crippen LogP contribution in [-0.2, 0) is 11.3 Å². The number of thioether (sulfide) groups is 1. The molecule has 1 N–H and O–H groups in total. The van der Waals surface area contributed by atoms with Crippen molar-refractivity contribution in [1.29, 1.82) is 0 Å². The molecule has 0 atom stereocenters. The summed E-state index contributed by atoms with van der Waals surface area (Å²) in [6.45, 7) is 4.04. The summed E-state index contributed by atoms with van der Waals surface area (Å²) in [5, 5.41) is 3.89. The van der Waals surface area contributed by atoms with Crippen LogP contribution >= 0.6 is 11.8 Å². The minimum absolute atomic E-state index is 0.0849. The summed E-state index contributed by atoms with van der Waals surface area (Å²) >= 11 is 1.20. The first-order valence-corrected chi connectivity index (χ1v) is 11.0. The van der Waals surface area contributed by atoms with E-state index in [1.165, 1.54) is 16.3 Å².